The number of rotatable bonds is 8. The summed E-state index contributed by atoms with van der Waals surface area (Å²) in [5, 5.41) is 3.67. The molecular formula is C31H28F3N5O3S. The number of hydrogen-bond acceptors (Lipinski definition) is 7. The van der Waals surface area contributed by atoms with Crippen molar-refractivity contribution in [2.45, 2.75) is 44.0 Å². The maximum atomic E-state index is 13.7. The van der Waals surface area contributed by atoms with E-state index in [1.165, 1.54) is 36.5 Å². The zero-order valence-electron chi connectivity index (χ0n) is 23.5. The van der Waals surface area contributed by atoms with Crippen molar-refractivity contribution < 1.29 is 26.3 Å². The Labute approximate surface area is 247 Å². The molecule has 5 rings (SSSR count). The lowest BCUT2D eigenvalue weighted by molar-refractivity contribution is -0.137. The van der Waals surface area contributed by atoms with Crippen LogP contribution in [0.15, 0.2) is 96.0 Å². The van der Waals surface area contributed by atoms with Crippen LogP contribution in [0.1, 0.15) is 31.9 Å². The first-order valence-corrected chi connectivity index (χ1v) is 14.7. The van der Waals surface area contributed by atoms with Gasteiger partial charge in [-0.25, -0.2) is 13.1 Å². The first-order chi connectivity index (χ1) is 20.3. The van der Waals surface area contributed by atoms with Gasteiger partial charge in [-0.3, -0.25) is 4.98 Å². The number of benzene rings is 3. The molecule has 2 aromatic heterocycles. The van der Waals surface area contributed by atoms with Crippen molar-refractivity contribution in [2.24, 2.45) is 0 Å². The van der Waals surface area contributed by atoms with Gasteiger partial charge in [-0.1, -0.05) is 36.4 Å². The molecule has 222 valence electrons. The van der Waals surface area contributed by atoms with Crippen LogP contribution in [0.2, 0.25) is 0 Å². The number of ether oxygens (including phenoxy) is 1. The molecular weight excluding hydrogens is 579 g/mol. The zero-order chi connectivity index (χ0) is 30.8. The van der Waals surface area contributed by atoms with E-state index in [-0.39, 0.29) is 28.8 Å². The highest BCUT2D eigenvalue weighted by molar-refractivity contribution is 7.89. The molecule has 0 atom stereocenters. The maximum absolute atomic E-state index is 13.7. The fourth-order valence-corrected chi connectivity index (χ4v) is 5.74. The molecule has 43 heavy (non-hydrogen) atoms. The third-order valence-corrected chi connectivity index (χ3v) is 7.92. The van der Waals surface area contributed by atoms with Gasteiger partial charge in [0.05, 0.1) is 21.7 Å². The summed E-state index contributed by atoms with van der Waals surface area (Å²) in [6, 6.07) is 22.3. The number of hydrogen-bond donors (Lipinski definition) is 2. The highest BCUT2D eigenvalue weighted by Gasteiger charge is 2.34. The number of fused-ring (bicyclic) bond motifs is 1. The number of sulfonamides is 1. The largest absolute Gasteiger partial charge is 0.459 e. The number of anilines is 2. The molecule has 0 unspecified atom stereocenters. The summed E-state index contributed by atoms with van der Waals surface area (Å²) in [7, 11) is -3.74. The van der Waals surface area contributed by atoms with Crippen molar-refractivity contribution in [1.82, 2.24) is 19.7 Å². The van der Waals surface area contributed by atoms with Gasteiger partial charge in [0, 0.05) is 28.4 Å². The molecule has 0 bridgehead atoms. The normalized spacial score (nSPS) is 12.3. The Morgan fingerprint density at radius 2 is 1.58 bits per heavy atom. The molecule has 3 aromatic carbocycles. The molecule has 5 aromatic rings. The first-order valence-electron chi connectivity index (χ1n) is 13.2. The fourth-order valence-electron chi connectivity index (χ4n) is 4.32. The van der Waals surface area contributed by atoms with Gasteiger partial charge in [-0.15, -0.1) is 0 Å². The average Bonchev–Trinajstić information content (AvgIpc) is 2.95. The highest BCUT2D eigenvalue weighted by atomic mass is 32.2. The molecule has 0 aliphatic heterocycles. The number of nitrogens with zero attached hydrogens (tertiary/aromatic N) is 3. The third kappa shape index (κ3) is 7.27. The highest BCUT2D eigenvalue weighted by Crippen LogP contribution is 2.37. The van der Waals surface area contributed by atoms with Gasteiger partial charge in [0.15, 0.2) is 0 Å². The molecule has 0 aliphatic rings. The quantitative estimate of drug-likeness (QED) is 0.194. The minimum atomic E-state index is -4.59. The Hall–Kier alpha value is -4.55. The number of pyridine rings is 1. The average molecular weight is 608 g/mol. The van der Waals surface area contributed by atoms with Gasteiger partial charge < -0.3 is 10.1 Å². The number of alkyl halides is 3. The summed E-state index contributed by atoms with van der Waals surface area (Å²) in [6.07, 6.45) is -3.29. The Morgan fingerprint density at radius 3 is 2.26 bits per heavy atom. The van der Waals surface area contributed by atoms with Crippen LogP contribution in [0, 0.1) is 0 Å². The van der Waals surface area contributed by atoms with E-state index in [1.807, 2.05) is 30.3 Å². The first kappa shape index (κ1) is 29.9. The molecule has 0 radical (unpaired) electrons. The predicted octanol–water partition coefficient (Wildman–Crippen LogP) is 7.11. The van der Waals surface area contributed by atoms with Crippen LogP contribution in [0.5, 0.6) is 6.01 Å². The Balaban J connectivity index is 1.53. The van der Waals surface area contributed by atoms with Crippen LogP contribution in [-0.4, -0.2) is 28.9 Å². The van der Waals surface area contributed by atoms with Gasteiger partial charge >= 0.3 is 12.2 Å². The van der Waals surface area contributed by atoms with Crippen LogP contribution in [0.3, 0.4) is 0 Å². The fraction of sp³-hybridized carbons (Fsp3) is 0.194. The van der Waals surface area contributed by atoms with Crippen LogP contribution < -0.4 is 14.8 Å². The lowest BCUT2D eigenvalue weighted by Gasteiger charge is -2.20. The van der Waals surface area contributed by atoms with E-state index in [2.05, 4.69) is 25.0 Å². The number of aromatic nitrogens is 3. The molecule has 2 heterocycles. The van der Waals surface area contributed by atoms with Gasteiger partial charge in [0.1, 0.15) is 12.4 Å². The third-order valence-electron chi connectivity index (χ3n) is 6.14. The summed E-state index contributed by atoms with van der Waals surface area (Å²) in [5.74, 6) is 0.320. The van der Waals surface area contributed by atoms with Crippen LogP contribution in [-0.2, 0) is 22.8 Å². The molecule has 0 spiro atoms. The maximum Gasteiger partial charge on any atom is 0.418 e. The number of halogens is 3. The van der Waals surface area contributed by atoms with Crippen LogP contribution in [0.25, 0.3) is 22.2 Å². The smallest absolute Gasteiger partial charge is 0.418 e. The molecule has 0 amide bonds. The van der Waals surface area contributed by atoms with Crippen molar-refractivity contribution in [3.63, 3.8) is 0 Å². The molecule has 0 fully saturated rings. The topological polar surface area (TPSA) is 106 Å². The summed E-state index contributed by atoms with van der Waals surface area (Å²) < 4.78 is 75.1. The monoisotopic (exact) mass is 607 g/mol. The molecule has 2 N–H and O–H groups in total. The second kappa shape index (κ2) is 11.6. The van der Waals surface area contributed by atoms with E-state index < -0.39 is 27.3 Å². The molecule has 0 saturated carbocycles. The number of nitrogens with one attached hydrogen (secondary N) is 2. The Bertz CT molecular complexity index is 1860. The standard InChI is InChI=1S/C31H28F3N5O3S/c1-30(2,3)39-43(40,41)23-14-12-22(13-15-23)36-28-24-16-11-21(27-25(31(32,33)34)10-7-17-35-27)18-26(24)37-29(38-28)42-19-20-8-5-4-6-9-20/h4-18,39H,19H2,1-3H3,(H,36,37,38). The van der Waals surface area contributed by atoms with Crippen molar-refractivity contribution in [2.75, 3.05) is 5.32 Å². The van der Waals surface area contributed by atoms with Crippen LogP contribution >= 0.6 is 0 Å². The van der Waals surface area contributed by atoms with Crippen molar-refractivity contribution >= 4 is 32.4 Å². The van der Waals surface area contributed by atoms with Gasteiger partial charge in [-0.2, -0.15) is 23.1 Å². The molecule has 0 aliphatic carbocycles. The van der Waals surface area contributed by atoms with E-state index >= 15 is 0 Å². The second-order valence-corrected chi connectivity index (χ2v) is 12.4. The predicted molar refractivity (Wildman–Crippen MR) is 158 cm³/mol. The second-order valence-electron chi connectivity index (χ2n) is 10.8. The van der Waals surface area contributed by atoms with Crippen LogP contribution in [0.4, 0.5) is 24.7 Å². The summed E-state index contributed by atoms with van der Waals surface area (Å²) >= 11 is 0. The van der Waals surface area contributed by atoms with E-state index in [9.17, 15) is 21.6 Å². The minimum absolute atomic E-state index is 0.00152. The SMILES string of the molecule is CC(C)(C)NS(=O)(=O)c1ccc(Nc2nc(OCc3ccccc3)nc3cc(-c4ncccc4C(F)(F)F)ccc23)cc1. The summed E-state index contributed by atoms with van der Waals surface area (Å²) in [4.78, 5) is 13.1. The zero-order valence-corrected chi connectivity index (χ0v) is 24.3. The van der Waals surface area contributed by atoms with E-state index in [4.69, 9.17) is 4.74 Å². The Kier molecular flexibility index (Phi) is 8.08. The van der Waals surface area contributed by atoms with Gasteiger partial charge in [-0.05, 0) is 74.9 Å². The van der Waals surface area contributed by atoms with E-state index in [0.717, 1.165) is 11.6 Å². The van der Waals surface area contributed by atoms with E-state index in [1.54, 1.807) is 39.0 Å². The lowest BCUT2D eigenvalue weighted by atomic mass is 10.0. The lowest BCUT2D eigenvalue weighted by Crippen LogP contribution is -2.40. The summed E-state index contributed by atoms with van der Waals surface area (Å²) in [6.45, 7) is 5.42. The Morgan fingerprint density at radius 1 is 0.860 bits per heavy atom. The summed E-state index contributed by atoms with van der Waals surface area (Å²) in [5.41, 5.74) is 0.206. The van der Waals surface area contributed by atoms with Crippen molar-refractivity contribution in [3.8, 4) is 17.3 Å². The molecule has 8 nitrogen and oxygen atoms in total. The minimum Gasteiger partial charge on any atom is -0.459 e. The van der Waals surface area contributed by atoms with E-state index in [0.29, 0.717) is 22.4 Å². The van der Waals surface area contributed by atoms with Gasteiger partial charge in [0.25, 0.3) is 0 Å². The molecule has 0 saturated heterocycles. The van der Waals surface area contributed by atoms with Crippen molar-refractivity contribution in [3.05, 3.63) is 102 Å². The molecule has 12 heteroatoms. The van der Waals surface area contributed by atoms with Crippen molar-refractivity contribution in [1.29, 1.82) is 0 Å². The van der Waals surface area contributed by atoms with Gasteiger partial charge in [0.2, 0.25) is 10.0 Å².